The molecule has 0 aromatic heterocycles. The SMILES string of the molecule is CCOc1ccccc1N1CCNC1. The van der Waals surface area contributed by atoms with Gasteiger partial charge in [0, 0.05) is 13.1 Å². The van der Waals surface area contributed by atoms with Crippen molar-refractivity contribution in [2.75, 3.05) is 31.3 Å². The molecule has 3 heteroatoms. The summed E-state index contributed by atoms with van der Waals surface area (Å²) < 4.78 is 5.58. The Morgan fingerprint density at radius 2 is 2.29 bits per heavy atom. The summed E-state index contributed by atoms with van der Waals surface area (Å²) in [6.07, 6.45) is 0. The zero-order chi connectivity index (χ0) is 9.80. The van der Waals surface area contributed by atoms with E-state index < -0.39 is 0 Å². The molecule has 1 aromatic carbocycles. The number of anilines is 1. The highest BCUT2D eigenvalue weighted by Gasteiger charge is 2.14. The highest BCUT2D eigenvalue weighted by atomic mass is 16.5. The second-order valence-corrected chi connectivity index (χ2v) is 3.32. The first-order chi connectivity index (χ1) is 6.92. The molecule has 0 unspecified atom stereocenters. The topological polar surface area (TPSA) is 24.5 Å². The molecule has 1 heterocycles. The quantitative estimate of drug-likeness (QED) is 0.784. The van der Waals surface area contributed by atoms with E-state index in [1.807, 2.05) is 19.1 Å². The molecule has 0 saturated carbocycles. The van der Waals surface area contributed by atoms with Crippen LogP contribution in [0.1, 0.15) is 6.92 Å². The minimum absolute atomic E-state index is 0.721. The summed E-state index contributed by atoms with van der Waals surface area (Å²) in [7, 11) is 0. The molecule has 2 rings (SSSR count). The molecule has 76 valence electrons. The molecule has 0 spiro atoms. The molecule has 0 aliphatic carbocycles. The zero-order valence-electron chi connectivity index (χ0n) is 8.49. The van der Waals surface area contributed by atoms with Gasteiger partial charge in [0.1, 0.15) is 5.75 Å². The van der Waals surface area contributed by atoms with Gasteiger partial charge in [-0.05, 0) is 19.1 Å². The summed E-state index contributed by atoms with van der Waals surface area (Å²) in [6.45, 7) is 5.77. The van der Waals surface area contributed by atoms with Gasteiger partial charge in [0.15, 0.2) is 0 Å². The van der Waals surface area contributed by atoms with E-state index in [4.69, 9.17) is 4.74 Å². The van der Waals surface area contributed by atoms with Crippen molar-refractivity contribution in [2.45, 2.75) is 6.92 Å². The molecule has 0 radical (unpaired) electrons. The van der Waals surface area contributed by atoms with E-state index in [1.165, 1.54) is 5.69 Å². The van der Waals surface area contributed by atoms with Crippen molar-refractivity contribution in [1.29, 1.82) is 0 Å². The Bertz CT molecular complexity index is 295. The first-order valence-corrected chi connectivity index (χ1v) is 5.09. The Morgan fingerprint density at radius 3 is 3.00 bits per heavy atom. The van der Waals surface area contributed by atoms with Gasteiger partial charge in [0.05, 0.1) is 19.0 Å². The fraction of sp³-hybridized carbons (Fsp3) is 0.455. The van der Waals surface area contributed by atoms with Crippen molar-refractivity contribution in [2.24, 2.45) is 0 Å². The van der Waals surface area contributed by atoms with E-state index in [-0.39, 0.29) is 0 Å². The van der Waals surface area contributed by atoms with Gasteiger partial charge in [-0.2, -0.15) is 0 Å². The van der Waals surface area contributed by atoms with Crippen molar-refractivity contribution in [1.82, 2.24) is 5.32 Å². The third-order valence-corrected chi connectivity index (χ3v) is 2.37. The van der Waals surface area contributed by atoms with E-state index in [9.17, 15) is 0 Å². The zero-order valence-corrected chi connectivity index (χ0v) is 8.49. The van der Waals surface area contributed by atoms with Crippen LogP contribution in [-0.2, 0) is 0 Å². The summed E-state index contributed by atoms with van der Waals surface area (Å²) >= 11 is 0. The molecule has 0 amide bonds. The highest BCUT2D eigenvalue weighted by Crippen LogP contribution is 2.28. The van der Waals surface area contributed by atoms with Crippen LogP contribution >= 0.6 is 0 Å². The number of benzene rings is 1. The van der Waals surface area contributed by atoms with Gasteiger partial charge in [-0.1, -0.05) is 12.1 Å². The lowest BCUT2D eigenvalue weighted by Crippen LogP contribution is -2.21. The first kappa shape index (κ1) is 9.34. The Balaban J connectivity index is 2.21. The number of para-hydroxylation sites is 2. The average molecular weight is 192 g/mol. The lowest BCUT2D eigenvalue weighted by atomic mass is 10.2. The van der Waals surface area contributed by atoms with Crippen molar-refractivity contribution in [3.8, 4) is 5.75 Å². The predicted molar refractivity (Wildman–Crippen MR) is 57.8 cm³/mol. The summed E-state index contributed by atoms with van der Waals surface area (Å²) in [5.74, 6) is 0.985. The molecule has 1 saturated heterocycles. The summed E-state index contributed by atoms with van der Waals surface area (Å²) in [6, 6.07) is 8.20. The third-order valence-electron chi connectivity index (χ3n) is 2.37. The van der Waals surface area contributed by atoms with Crippen LogP contribution in [0.25, 0.3) is 0 Å². The standard InChI is InChI=1S/C11H16N2O/c1-2-14-11-6-4-3-5-10(11)13-8-7-12-9-13/h3-6,12H,2,7-9H2,1H3. The molecule has 1 fully saturated rings. The summed E-state index contributed by atoms with van der Waals surface area (Å²) in [5.41, 5.74) is 1.19. The van der Waals surface area contributed by atoms with E-state index in [2.05, 4.69) is 22.3 Å². The van der Waals surface area contributed by atoms with Crippen LogP contribution in [0.15, 0.2) is 24.3 Å². The highest BCUT2D eigenvalue weighted by molar-refractivity contribution is 5.58. The van der Waals surface area contributed by atoms with Gasteiger partial charge in [-0.3, -0.25) is 5.32 Å². The molecule has 0 atom stereocenters. The van der Waals surface area contributed by atoms with E-state index in [0.717, 1.165) is 32.1 Å². The number of nitrogens with one attached hydrogen (secondary N) is 1. The van der Waals surface area contributed by atoms with Crippen LogP contribution in [-0.4, -0.2) is 26.4 Å². The molecule has 1 aliphatic rings. The number of hydrogen-bond acceptors (Lipinski definition) is 3. The van der Waals surface area contributed by atoms with E-state index >= 15 is 0 Å². The molecule has 3 nitrogen and oxygen atoms in total. The third kappa shape index (κ3) is 1.82. The minimum Gasteiger partial charge on any atom is -0.492 e. The fourth-order valence-electron chi connectivity index (χ4n) is 1.71. The lowest BCUT2D eigenvalue weighted by Gasteiger charge is -2.19. The van der Waals surface area contributed by atoms with Crippen molar-refractivity contribution < 1.29 is 4.74 Å². The van der Waals surface area contributed by atoms with Gasteiger partial charge < -0.3 is 9.64 Å². The molecule has 1 aromatic rings. The van der Waals surface area contributed by atoms with Gasteiger partial charge in [0.2, 0.25) is 0 Å². The Hall–Kier alpha value is -1.22. The van der Waals surface area contributed by atoms with E-state index in [1.54, 1.807) is 0 Å². The van der Waals surface area contributed by atoms with Crippen LogP contribution < -0.4 is 15.0 Å². The van der Waals surface area contributed by atoms with Gasteiger partial charge >= 0.3 is 0 Å². The van der Waals surface area contributed by atoms with Crippen LogP contribution in [0.2, 0.25) is 0 Å². The number of hydrogen-bond donors (Lipinski definition) is 1. The second-order valence-electron chi connectivity index (χ2n) is 3.32. The van der Waals surface area contributed by atoms with Crippen LogP contribution in [0.5, 0.6) is 5.75 Å². The number of ether oxygens (including phenoxy) is 1. The van der Waals surface area contributed by atoms with E-state index in [0.29, 0.717) is 0 Å². The maximum Gasteiger partial charge on any atom is 0.142 e. The van der Waals surface area contributed by atoms with Gasteiger partial charge in [-0.25, -0.2) is 0 Å². The molecule has 0 bridgehead atoms. The average Bonchev–Trinajstić information content (AvgIpc) is 2.72. The molecule has 14 heavy (non-hydrogen) atoms. The molecule has 1 N–H and O–H groups in total. The van der Waals surface area contributed by atoms with Crippen LogP contribution in [0.4, 0.5) is 5.69 Å². The Labute approximate surface area is 84.7 Å². The molecule has 1 aliphatic heterocycles. The van der Waals surface area contributed by atoms with Crippen LogP contribution in [0, 0.1) is 0 Å². The minimum atomic E-state index is 0.721. The predicted octanol–water partition coefficient (Wildman–Crippen LogP) is 1.45. The smallest absolute Gasteiger partial charge is 0.142 e. The maximum absolute atomic E-state index is 5.58. The van der Waals surface area contributed by atoms with Crippen molar-refractivity contribution in [3.05, 3.63) is 24.3 Å². The van der Waals surface area contributed by atoms with Gasteiger partial charge in [0.25, 0.3) is 0 Å². The maximum atomic E-state index is 5.58. The monoisotopic (exact) mass is 192 g/mol. The largest absolute Gasteiger partial charge is 0.492 e. The normalized spacial score (nSPS) is 15.9. The molecular formula is C11H16N2O. The van der Waals surface area contributed by atoms with Crippen LogP contribution in [0.3, 0.4) is 0 Å². The van der Waals surface area contributed by atoms with Gasteiger partial charge in [-0.15, -0.1) is 0 Å². The number of rotatable bonds is 3. The fourth-order valence-corrected chi connectivity index (χ4v) is 1.71. The number of nitrogens with zero attached hydrogens (tertiary/aromatic N) is 1. The Morgan fingerprint density at radius 1 is 1.43 bits per heavy atom. The first-order valence-electron chi connectivity index (χ1n) is 5.09. The molecular weight excluding hydrogens is 176 g/mol. The Kier molecular flexibility index (Phi) is 2.89. The summed E-state index contributed by atoms with van der Waals surface area (Å²) in [4.78, 5) is 2.30. The van der Waals surface area contributed by atoms with Crippen molar-refractivity contribution >= 4 is 5.69 Å². The second kappa shape index (κ2) is 4.33. The summed E-state index contributed by atoms with van der Waals surface area (Å²) in [5, 5.41) is 3.31. The lowest BCUT2D eigenvalue weighted by molar-refractivity contribution is 0.340. The van der Waals surface area contributed by atoms with Crippen molar-refractivity contribution in [3.63, 3.8) is 0 Å².